The van der Waals surface area contributed by atoms with Gasteiger partial charge in [-0.05, 0) is 48.5 Å². The summed E-state index contributed by atoms with van der Waals surface area (Å²) in [5.41, 5.74) is 8.68. The quantitative estimate of drug-likeness (QED) is 0.497. The number of urea groups is 1. The Kier molecular flexibility index (Phi) is 3.65. The Morgan fingerprint density at radius 1 is 1.04 bits per heavy atom. The number of imide groups is 1. The van der Waals surface area contributed by atoms with Crippen molar-refractivity contribution in [3.8, 4) is 16.9 Å². The van der Waals surface area contributed by atoms with Crippen LogP contribution < -0.4 is 16.4 Å². The van der Waals surface area contributed by atoms with Crippen LogP contribution in [0.25, 0.3) is 16.9 Å². The summed E-state index contributed by atoms with van der Waals surface area (Å²) in [6.07, 6.45) is 1.67. The van der Waals surface area contributed by atoms with E-state index in [0.717, 1.165) is 5.69 Å². The van der Waals surface area contributed by atoms with Crippen molar-refractivity contribution in [1.82, 2.24) is 20.4 Å². The zero-order valence-electron chi connectivity index (χ0n) is 13.4. The second-order valence-corrected chi connectivity index (χ2v) is 5.87. The smallest absolute Gasteiger partial charge is 0.322 e. The number of nitrogens with two attached hydrogens (primary N) is 1. The van der Waals surface area contributed by atoms with Crippen LogP contribution in [0.1, 0.15) is 11.6 Å². The summed E-state index contributed by atoms with van der Waals surface area (Å²) in [5, 5.41) is 9.31. The number of amides is 3. The molecule has 1 unspecified atom stereocenters. The van der Waals surface area contributed by atoms with Gasteiger partial charge in [0.1, 0.15) is 11.9 Å². The summed E-state index contributed by atoms with van der Waals surface area (Å²) < 4.78 is 14.9. The van der Waals surface area contributed by atoms with Gasteiger partial charge in [0.2, 0.25) is 0 Å². The first-order valence-electron chi connectivity index (χ1n) is 7.84. The molecule has 3 aromatic rings. The molecule has 1 saturated heterocycles. The number of carbonyl (C=O) groups is 2. The van der Waals surface area contributed by atoms with Crippen molar-refractivity contribution in [3.05, 3.63) is 66.1 Å². The van der Waals surface area contributed by atoms with E-state index in [1.165, 1.54) is 12.1 Å². The van der Waals surface area contributed by atoms with Crippen LogP contribution >= 0.6 is 0 Å². The molecule has 7 nitrogen and oxygen atoms in total. The van der Waals surface area contributed by atoms with Gasteiger partial charge in [0, 0.05) is 23.0 Å². The second kappa shape index (κ2) is 5.99. The average molecular weight is 351 g/mol. The summed E-state index contributed by atoms with van der Waals surface area (Å²) in [5.74, 6) is -0.838. The fraction of sp³-hybridized carbons (Fsp3) is 0.0556. The molecule has 4 rings (SSSR count). The van der Waals surface area contributed by atoms with Crippen LogP contribution in [-0.4, -0.2) is 21.7 Å². The van der Waals surface area contributed by atoms with Gasteiger partial charge in [-0.2, -0.15) is 5.10 Å². The van der Waals surface area contributed by atoms with Crippen LogP contribution in [0.2, 0.25) is 0 Å². The highest BCUT2D eigenvalue weighted by molar-refractivity contribution is 6.05. The number of nitrogens with one attached hydrogen (secondary N) is 2. The van der Waals surface area contributed by atoms with Gasteiger partial charge in [0.05, 0.1) is 11.4 Å². The minimum atomic E-state index is -0.870. The number of anilines is 1. The summed E-state index contributed by atoms with van der Waals surface area (Å²) in [7, 11) is 0. The summed E-state index contributed by atoms with van der Waals surface area (Å²) in [6.45, 7) is 0. The summed E-state index contributed by atoms with van der Waals surface area (Å²) in [4.78, 5) is 23.6. The van der Waals surface area contributed by atoms with E-state index in [9.17, 15) is 14.0 Å². The Hall–Kier alpha value is -3.68. The number of halogens is 1. The lowest BCUT2D eigenvalue weighted by Crippen LogP contribution is -2.22. The highest BCUT2D eigenvalue weighted by Crippen LogP contribution is 2.30. The maximum Gasteiger partial charge on any atom is 0.322 e. The Balaban J connectivity index is 1.84. The number of hydrogen-bond acceptors (Lipinski definition) is 4. The standard InChI is InChI=1S/C18H14FN5O2/c19-11-3-1-10(2-4-11)15-14(16-17(25)22-18(26)21-16)9-24(23-15)13-7-5-12(20)6-8-13/h1-9,16H,20H2,(H2,21,22,25,26). The van der Waals surface area contributed by atoms with Crippen molar-refractivity contribution in [2.45, 2.75) is 6.04 Å². The number of aromatic nitrogens is 2. The van der Waals surface area contributed by atoms with Crippen LogP contribution in [-0.2, 0) is 4.79 Å². The zero-order chi connectivity index (χ0) is 18.3. The highest BCUT2D eigenvalue weighted by Gasteiger charge is 2.34. The first-order chi connectivity index (χ1) is 12.5. The van der Waals surface area contributed by atoms with Crippen molar-refractivity contribution < 1.29 is 14.0 Å². The molecular formula is C18H14FN5O2. The van der Waals surface area contributed by atoms with Gasteiger partial charge in [-0.25, -0.2) is 13.9 Å². The zero-order valence-corrected chi connectivity index (χ0v) is 13.4. The Morgan fingerprint density at radius 3 is 2.35 bits per heavy atom. The monoisotopic (exact) mass is 351 g/mol. The average Bonchev–Trinajstić information content (AvgIpc) is 3.19. The number of nitrogens with zero attached hydrogens (tertiary/aromatic N) is 2. The van der Waals surface area contributed by atoms with Crippen molar-refractivity contribution >= 4 is 17.6 Å². The van der Waals surface area contributed by atoms with Crippen molar-refractivity contribution in [2.24, 2.45) is 0 Å². The van der Waals surface area contributed by atoms with Gasteiger partial charge in [0.15, 0.2) is 0 Å². The van der Waals surface area contributed by atoms with Gasteiger partial charge in [-0.1, -0.05) is 0 Å². The normalized spacial score (nSPS) is 16.4. The number of nitrogen functional groups attached to an aromatic ring is 1. The molecule has 3 amide bonds. The molecule has 1 aromatic heterocycles. The van der Waals surface area contributed by atoms with Gasteiger partial charge in [-0.3, -0.25) is 10.1 Å². The van der Waals surface area contributed by atoms with Gasteiger partial charge in [0.25, 0.3) is 5.91 Å². The van der Waals surface area contributed by atoms with Crippen LogP contribution in [0.15, 0.2) is 54.7 Å². The topological polar surface area (TPSA) is 102 Å². The van der Waals surface area contributed by atoms with Crippen molar-refractivity contribution in [2.75, 3.05) is 5.73 Å². The highest BCUT2D eigenvalue weighted by atomic mass is 19.1. The summed E-state index contributed by atoms with van der Waals surface area (Å²) >= 11 is 0. The van der Waals surface area contributed by atoms with Crippen molar-refractivity contribution in [1.29, 1.82) is 0 Å². The van der Waals surface area contributed by atoms with E-state index < -0.39 is 18.0 Å². The first kappa shape index (κ1) is 15.8. The molecule has 4 N–H and O–H groups in total. The van der Waals surface area contributed by atoms with Gasteiger partial charge >= 0.3 is 6.03 Å². The molecular weight excluding hydrogens is 337 g/mol. The molecule has 8 heteroatoms. The molecule has 0 spiro atoms. The van der Waals surface area contributed by atoms with Crippen LogP contribution in [0.5, 0.6) is 0 Å². The van der Waals surface area contributed by atoms with Crippen LogP contribution in [0.3, 0.4) is 0 Å². The lowest BCUT2D eigenvalue weighted by Gasteiger charge is -2.07. The maximum atomic E-state index is 13.3. The van der Waals surface area contributed by atoms with Crippen LogP contribution in [0, 0.1) is 5.82 Å². The molecule has 0 bridgehead atoms. The number of rotatable bonds is 3. The minimum absolute atomic E-state index is 0.375. The number of carbonyl (C=O) groups excluding carboxylic acids is 2. The number of benzene rings is 2. The molecule has 0 aliphatic carbocycles. The molecule has 2 heterocycles. The van der Waals surface area contributed by atoms with Crippen molar-refractivity contribution in [3.63, 3.8) is 0 Å². The maximum absolute atomic E-state index is 13.3. The second-order valence-electron chi connectivity index (χ2n) is 5.87. The minimum Gasteiger partial charge on any atom is -0.399 e. The fourth-order valence-electron chi connectivity index (χ4n) is 2.83. The third kappa shape index (κ3) is 2.77. The van der Waals surface area contributed by atoms with Gasteiger partial charge < -0.3 is 11.1 Å². The molecule has 26 heavy (non-hydrogen) atoms. The van der Waals surface area contributed by atoms with Gasteiger partial charge in [-0.15, -0.1) is 0 Å². The van der Waals surface area contributed by atoms with E-state index in [1.54, 1.807) is 47.3 Å². The first-order valence-corrected chi connectivity index (χ1v) is 7.84. The Labute approximate surface area is 147 Å². The van der Waals surface area contributed by atoms with Crippen LogP contribution in [0.4, 0.5) is 14.9 Å². The number of hydrogen-bond donors (Lipinski definition) is 3. The lowest BCUT2D eigenvalue weighted by molar-refractivity contribution is -0.120. The molecule has 1 atom stereocenters. The van der Waals surface area contributed by atoms with E-state index >= 15 is 0 Å². The fourth-order valence-corrected chi connectivity index (χ4v) is 2.83. The molecule has 2 aromatic carbocycles. The lowest BCUT2D eigenvalue weighted by atomic mass is 10.0. The van der Waals surface area contributed by atoms with E-state index in [1.807, 2.05) is 0 Å². The predicted molar refractivity (Wildman–Crippen MR) is 92.8 cm³/mol. The van der Waals surface area contributed by atoms with E-state index in [-0.39, 0.29) is 5.82 Å². The third-order valence-corrected chi connectivity index (χ3v) is 4.10. The molecule has 0 radical (unpaired) electrons. The third-order valence-electron chi connectivity index (χ3n) is 4.10. The molecule has 1 aliphatic rings. The Morgan fingerprint density at radius 2 is 1.73 bits per heavy atom. The molecule has 1 fully saturated rings. The molecule has 1 aliphatic heterocycles. The molecule has 130 valence electrons. The summed E-state index contributed by atoms with van der Waals surface area (Å²) in [6, 6.07) is 11.4. The largest absolute Gasteiger partial charge is 0.399 e. The Bertz CT molecular complexity index is 995. The SMILES string of the molecule is Nc1ccc(-n2cc(C3NC(=O)NC3=O)c(-c3ccc(F)cc3)n2)cc1. The molecule has 0 saturated carbocycles. The predicted octanol–water partition coefficient (Wildman–Crippen LogP) is 2.14. The van der Waals surface area contributed by atoms with E-state index in [0.29, 0.717) is 22.5 Å². The van der Waals surface area contributed by atoms with E-state index in [4.69, 9.17) is 5.73 Å². The van der Waals surface area contributed by atoms with E-state index in [2.05, 4.69) is 15.7 Å².